The third-order valence-corrected chi connectivity index (χ3v) is 1.61. The minimum absolute atomic E-state index is 0.167. The number of halogens is 2. The number of aromatic nitrogens is 1. The van der Waals surface area contributed by atoms with Crippen molar-refractivity contribution < 1.29 is 13.9 Å². The minimum Gasteiger partial charge on any atom is -0.390 e. The van der Waals surface area contributed by atoms with Gasteiger partial charge in [0, 0.05) is 18.0 Å². The Balaban J connectivity index is 3.10. The maximum absolute atomic E-state index is 12.9. The molecule has 0 saturated carbocycles. The van der Waals surface area contributed by atoms with E-state index in [1.807, 2.05) is 0 Å². The second-order valence-electron chi connectivity index (χ2n) is 2.55. The first-order valence-electron chi connectivity index (χ1n) is 3.47. The van der Waals surface area contributed by atoms with E-state index in [9.17, 15) is 8.78 Å². The lowest BCUT2D eigenvalue weighted by atomic mass is 10.1. The second-order valence-corrected chi connectivity index (χ2v) is 2.55. The van der Waals surface area contributed by atoms with Gasteiger partial charge in [0.2, 0.25) is 0 Å². The zero-order chi connectivity index (χ0) is 9.19. The zero-order valence-corrected chi connectivity index (χ0v) is 6.59. The van der Waals surface area contributed by atoms with Gasteiger partial charge in [0.15, 0.2) is 0 Å². The van der Waals surface area contributed by atoms with E-state index in [1.54, 1.807) is 0 Å². The topological polar surface area (TPSA) is 33.1 Å². The van der Waals surface area contributed by atoms with Crippen LogP contribution in [0, 0.1) is 6.92 Å². The maximum Gasteiger partial charge on any atom is 0.296 e. The van der Waals surface area contributed by atoms with Crippen LogP contribution in [0.25, 0.3) is 0 Å². The molecule has 0 aliphatic rings. The monoisotopic (exact) mass is 173 g/mol. The summed E-state index contributed by atoms with van der Waals surface area (Å²) in [4.78, 5) is 3.68. The quantitative estimate of drug-likeness (QED) is 0.734. The van der Waals surface area contributed by atoms with Gasteiger partial charge in [0.05, 0.1) is 0 Å². The van der Waals surface area contributed by atoms with Crippen LogP contribution in [0.2, 0.25) is 0 Å². The van der Waals surface area contributed by atoms with E-state index in [-0.39, 0.29) is 5.56 Å². The second kappa shape index (κ2) is 3.15. The zero-order valence-electron chi connectivity index (χ0n) is 6.59. The lowest BCUT2D eigenvalue weighted by molar-refractivity contribution is -0.0561. The molecule has 2 nitrogen and oxygen atoms in total. The Morgan fingerprint density at radius 2 is 2.25 bits per heavy atom. The van der Waals surface area contributed by atoms with Gasteiger partial charge < -0.3 is 5.11 Å². The number of hydrogen-bond acceptors (Lipinski definition) is 2. The molecule has 12 heavy (non-hydrogen) atoms. The third kappa shape index (κ3) is 1.58. The fourth-order valence-corrected chi connectivity index (χ4v) is 0.969. The fourth-order valence-electron chi connectivity index (χ4n) is 0.969. The highest BCUT2D eigenvalue weighted by molar-refractivity contribution is 5.26. The van der Waals surface area contributed by atoms with E-state index < -0.39 is 12.5 Å². The van der Waals surface area contributed by atoms with Gasteiger partial charge >= 0.3 is 0 Å². The van der Waals surface area contributed by atoms with Crippen LogP contribution in [0.4, 0.5) is 8.78 Å². The summed E-state index contributed by atoms with van der Waals surface area (Å²) in [6, 6.07) is 1.21. The van der Waals surface area contributed by atoms with E-state index in [1.165, 1.54) is 25.4 Å². The predicted molar refractivity (Wildman–Crippen MR) is 40.0 cm³/mol. The van der Waals surface area contributed by atoms with Crippen LogP contribution in [-0.2, 0) is 5.92 Å². The smallest absolute Gasteiger partial charge is 0.296 e. The summed E-state index contributed by atoms with van der Waals surface area (Å²) in [6.07, 6.45) is 2.63. The highest BCUT2D eigenvalue weighted by atomic mass is 19.3. The first-order valence-corrected chi connectivity index (χ1v) is 3.47. The first kappa shape index (κ1) is 9.06. The van der Waals surface area contributed by atoms with Crippen LogP contribution < -0.4 is 0 Å². The maximum atomic E-state index is 12.9. The van der Waals surface area contributed by atoms with Gasteiger partial charge in [-0.1, -0.05) is 0 Å². The highest BCUT2D eigenvalue weighted by Gasteiger charge is 2.31. The van der Waals surface area contributed by atoms with Crippen molar-refractivity contribution in [2.75, 3.05) is 6.61 Å². The highest BCUT2D eigenvalue weighted by Crippen LogP contribution is 2.28. The molecule has 1 aromatic heterocycles. The average Bonchev–Trinajstić information content (AvgIpc) is 2.05. The van der Waals surface area contributed by atoms with Gasteiger partial charge in [-0.25, -0.2) is 0 Å². The summed E-state index contributed by atoms with van der Waals surface area (Å²) in [5.41, 5.74) is 0.219. The molecule has 0 saturated heterocycles. The molecular weight excluding hydrogens is 164 g/mol. The van der Waals surface area contributed by atoms with Crippen LogP contribution >= 0.6 is 0 Å². The molecule has 0 aromatic carbocycles. The molecule has 0 aliphatic heterocycles. The van der Waals surface area contributed by atoms with Crippen molar-refractivity contribution in [2.24, 2.45) is 0 Å². The number of alkyl halides is 2. The summed E-state index contributed by atoms with van der Waals surface area (Å²) in [5, 5.41) is 8.40. The Labute approximate surface area is 68.9 Å². The number of hydrogen-bond donors (Lipinski definition) is 1. The summed E-state index contributed by atoms with van der Waals surface area (Å²) < 4.78 is 25.7. The molecule has 0 unspecified atom stereocenters. The van der Waals surface area contributed by atoms with Crippen LogP contribution in [-0.4, -0.2) is 16.7 Å². The number of aryl methyl sites for hydroxylation is 1. The van der Waals surface area contributed by atoms with Crippen molar-refractivity contribution in [3.05, 3.63) is 29.6 Å². The molecule has 66 valence electrons. The van der Waals surface area contributed by atoms with Gasteiger partial charge in [-0.2, -0.15) is 8.78 Å². The Morgan fingerprint density at radius 1 is 1.58 bits per heavy atom. The molecule has 0 spiro atoms. The first-order chi connectivity index (χ1) is 5.58. The third-order valence-electron chi connectivity index (χ3n) is 1.61. The van der Waals surface area contributed by atoms with Crippen molar-refractivity contribution in [3.8, 4) is 0 Å². The molecule has 1 rings (SSSR count). The van der Waals surface area contributed by atoms with E-state index in [2.05, 4.69) is 4.98 Å². The van der Waals surface area contributed by atoms with Gasteiger partial charge in [0.1, 0.15) is 6.61 Å². The van der Waals surface area contributed by atoms with Gasteiger partial charge in [0.25, 0.3) is 5.92 Å². The molecule has 0 radical (unpaired) electrons. The Hall–Kier alpha value is -1.03. The van der Waals surface area contributed by atoms with Crippen LogP contribution in [0.1, 0.15) is 11.1 Å². The number of nitrogens with zero attached hydrogens (tertiary/aromatic N) is 1. The number of aliphatic hydroxyl groups excluding tert-OH is 1. The molecule has 1 N–H and O–H groups in total. The fraction of sp³-hybridized carbons (Fsp3) is 0.375. The van der Waals surface area contributed by atoms with Crippen molar-refractivity contribution in [2.45, 2.75) is 12.8 Å². The normalized spacial score (nSPS) is 11.7. The Bertz CT molecular complexity index is 276. The van der Waals surface area contributed by atoms with Crippen molar-refractivity contribution in [3.63, 3.8) is 0 Å². The number of rotatable bonds is 2. The Morgan fingerprint density at radius 3 is 2.75 bits per heavy atom. The lowest BCUT2D eigenvalue weighted by Gasteiger charge is -2.14. The largest absolute Gasteiger partial charge is 0.390 e. The molecular formula is C8H9F2NO. The Kier molecular flexibility index (Phi) is 2.38. The number of aliphatic hydroxyl groups is 1. The van der Waals surface area contributed by atoms with Crippen LogP contribution in [0.15, 0.2) is 18.5 Å². The van der Waals surface area contributed by atoms with E-state index >= 15 is 0 Å². The number of pyridine rings is 1. The summed E-state index contributed by atoms with van der Waals surface area (Å²) in [6.45, 7) is 0.365. The summed E-state index contributed by atoms with van der Waals surface area (Å²) in [7, 11) is 0. The van der Waals surface area contributed by atoms with E-state index in [0.717, 1.165) is 0 Å². The lowest BCUT2D eigenvalue weighted by Crippen LogP contribution is -2.19. The summed E-state index contributed by atoms with van der Waals surface area (Å²) in [5.74, 6) is -3.16. The molecule has 4 heteroatoms. The van der Waals surface area contributed by atoms with Crippen molar-refractivity contribution in [1.29, 1.82) is 0 Å². The molecule has 0 fully saturated rings. The van der Waals surface area contributed by atoms with E-state index in [0.29, 0.717) is 5.56 Å². The van der Waals surface area contributed by atoms with Gasteiger partial charge in [-0.3, -0.25) is 4.98 Å². The van der Waals surface area contributed by atoms with E-state index in [4.69, 9.17) is 5.11 Å². The van der Waals surface area contributed by atoms with Gasteiger partial charge in [-0.05, 0) is 18.6 Å². The minimum atomic E-state index is -3.16. The molecule has 0 atom stereocenters. The molecule has 0 aliphatic carbocycles. The molecule has 1 aromatic rings. The average molecular weight is 173 g/mol. The van der Waals surface area contributed by atoms with Crippen LogP contribution in [0.5, 0.6) is 0 Å². The van der Waals surface area contributed by atoms with Crippen LogP contribution in [0.3, 0.4) is 0 Å². The van der Waals surface area contributed by atoms with Crippen molar-refractivity contribution in [1.82, 2.24) is 4.98 Å². The molecule has 0 bridgehead atoms. The predicted octanol–water partition coefficient (Wildman–Crippen LogP) is 1.47. The molecule has 0 amide bonds. The molecule has 1 heterocycles. The SMILES string of the molecule is Cc1cnccc1C(F)(F)CO. The van der Waals surface area contributed by atoms with Gasteiger partial charge in [-0.15, -0.1) is 0 Å². The van der Waals surface area contributed by atoms with Crippen molar-refractivity contribution >= 4 is 0 Å². The summed E-state index contributed by atoms with van der Waals surface area (Å²) >= 11 is 0. The standard InChI is InChI=1S/C8H9F2NO/c1-6-4-11-3-2-7(6)8(9,10)5-12/h2-4,12H,5H2,1H3.